The van der Waals surface area contributed by atoms with Crippen LogP contribution < -0.4 is 0 Å². The van der Waals surface area contributed by atoms with Crippen molar-refractivity contribution in [2.45, 2.75) is 38.5 Å². The van der Waals surface area contributed by atoms with Crippen LogP contribution in [-0.4, -0.2) is 68.8 Å². The number of rotatable bonds is 25. The summed E-state index contributed by atoms with van der Waals surface area (Å²) in [5.41, 5.74) is 2.23. The second-order valence-electron chi connectivity index (χ2n) is 13.5. The lowest BCUT2D eigenvalue weighted by Crippen LogP contribution is -2.25. The molecule has 0 aliphatic heterocycles. The molecule has 0 atom stereocenters. The van der Waals surface area contributed by atoms with Crippen LogP contribution in [0, 0.1) is 40.5 Å². The van der Waals surface area contributed by atoms with Crippen LogP contribution in [0.25, 0.3) is 24.3 Å². The molecule has 0 unspecified atom stereocenters. The first-order valence-corrected chi connectivity index (χ1v) is 19.2. The molecule has 0 heterocycles. The molecule has 0 saturated heterocycles. The largest absolute Gasteiger partial charge is 0.296 e. The predicted octanol–water partition coefficient (Wildman–Crippen LogP) is 10.4. The summed E-state index contributed by atoms with van der Waals surface area (Å²) < 4.78 is 0. The van der Waals surface area contributed by atoms with Gasteiger partial charge in [0.2, 0.25) is 0 Å². The highest BCUT2D eigenvalue weighted by atomic mass is 16.6. The Balaban J connectivity index is 1.30. The molecule has 0 aromatic heterocycles. The fourth-order valence-electron chi connectivity index (χ4n) is 6.39. The molecule has 0 spiro atoms. The van der Waals surface area contributed by atoms with Gasteiger partial charge in [-0.3, -0.25) is 50.3 Å². The van der Waals surface area contributed by atoms with Gasteiger partial charge >= 0.3 is 0 Å². The van der Waals surface area contributed by atoms with Gasteiger partial charge in [0.25, 0.3) is 22.7 Å². The van der Waals surface area contributed by atoms with Gasteiger partial charge in [0.1, 0.15) is 0 Å². The lowest BCUT2D eigenvalue weighted by Gasteiger charge is -2.19. The molecular formula is C44H48N6O8. The number of para-hydroxylation sites is 4. The quantitative estimate of drug-likeness (QED) is 0.0356. The van der Waals surface area contributed by atoms with Crippen LogP contribution in [0.2, 0.25) is 0 Å². The second kappa shape index (κ2) is 24.1. The van der Waals surface area contributed by atoms with Gasteiger partial charge in [0, 0.05) is 50.4 Å². The third kappa shape index (κ3) is 14.8. The SMILES string of the molecule is O=[N+]([O-])c1ccccc1C=CCN(CC=Cc1ccccc1[N+](=O)[O-])CCCCCCCCN(CC=Cc1ccccc1[N+](=O)[O-])CC=Cc1ccccc1[N+](=O)[O-]. The summed E-state index contributed by atoms with van der Waals surface area (Å²) in [4.78, 5) is 48.7. The Kier molecular flexibility index (Phi) is 18.3. The molecule has 0 radical (unpaired) electrons. The van der Waals surface area contributed by atoms with Crippen molar-refractivity contribution in [1.29, 1.82) is 0 Å². The van der Waals surface area contributed by atoms with E-state index in [0.717, 1.165) is 51.6 Å². The predicted molar refractivity (Wildman–Crippen MR) is 229 cm³/mol. The molecule has 0 aliphatic rings. The van der Waals surface area contributed by atoms with E-state index in [1.54, 1.807) is 97.1 Å². The van der Waals surface area contributed by atoms with E-state index in [-0.39, 0.29) is 22.7 Å². The van der Waals surface area contributed by atoms with Crippen molar-refractivity contribution in [2.24, 2.45) is 0 Å². The lowest BCUT2D eigenvalue weighted by molar-refractivity contribution is -0.385. The molecule has 0 N–H and O–H groups in total. The monoisotopic (exact) mass is 788 g/mol. The van der Waals surface area contributed by atoms with Crippen molar-refractivity contribution >= 4 is 47.1 Å². The zero-order valence-electron chi connectivity index (χ0n) is 32.3. The molecule has 0 amide bonds. The number of hydrogen-bond donors (Lipinski definition) is 0. The highest BCUT2D eigenvalue weighted by Crippen LogP contribution is 2.22. The molecule has 4 rings (SSSR count). The van der Waals surface area contributed by atoms with Crippen molar-refractivity contribution < 1.29 is 19.7 Å². The van der Waals surface area contributed by atoms with Gasteiger partial charge in [0.15, 0.2) is 0 Å². The zero-order chi connectivity index (χ0) is 41.5. The van der Waals surface area contributed by atoms with Crippen LogP contribution in [-0.2, 0) is 0 Å². The Hall–Kier alpha value is -6.64. The summed E-state index contributed by atoms with van der Waals surface area (Å²) in [5.74, 6) is 0. The molecule has 14 nitrogen and oxygen atoms in total. The van der Waals surface area contributed by atoms with Crippen LogP contribution >= 0.6 is 0 Å². The first-order chi connectivity index (χ1) is 28.1. The van der Waals surface area contributed by atoms with Gasteiger partial charge in [-0.1, -0.05) is 123 Å². The van der Waals surface area contributed by atoms with E-state index in [1.807, 2.05) is 24.3 Å². The summed E-state index contributed by atoms with van der Waals surface area (Å²) in [6, 6.07) is 26.3. The topological polar surface area (TPSA) is 179 Å². The van der Waals surface area contributed by atoms with Crippen LogP contribution in [0.1, 0.15) is 60.8 Å². The lowest BCUT2D eigenvalue weighted by atomic mass is 10.1. The maximum Gasteiger partial charge on any atom is 0.276 e. The molecule has 0 aliphatic carbocycles. The standard InChI is InChI=1S/C44H48N6O8/c51-47(52)41-27-9-5-19-37(41)23-15-33-45(34-16-24-38-20-6-10-28-42(38)48(53)54)31-13-3-1-2-4-14-32-46(35-17-25-39-21-7-11-29-43(39)49(55)56)36-18-26-40-22-8-12-30-44(40)50(57)58/h5-12,15-30H,1-4,13-14,31-36H2. The Morgan fingerprint density at radius 2 is 0.586 bits per heavy atom. The maximum atomic E-state index is 11.5. The first-order valence-electron chi connectivity index (χ1n) is 19.2. The van der Waals surface area contributed by atoms with Gasteiger partial charge in [0.05, 0.1) is 41.9 Å². The van der Waals surface area contributed by atoms with E-state index < -0.39 is 19.7 Å². The average Bonchev–Trinajstić information content (AvgIpc) is 3.21. The van der Waals surface area contributed by atoms with E-state index in [9.17, 15) is 40.5 Å². The fraction of sp³-hybridized carbons (Fsp3) is 0.273. The normalized spacial score (nSPS) is 11.8. The van der Waals surface area contributed by atoms with Gasteiger partial charge in [-0.05, 0) is 50.2 Å². The summed E-state index contributed by atoms with van der Waals surface area (Å²) in [5, 5.41) is 45.9. The minimum Gasteiger partial charge on any atom is -0.296 e. The second-order valence-corrected chi connectivity index (χ2v) is 13.5. The van der Waals surface area contributed by atoms with Crippen LogP contribution in [0.3, 0.4) is 0 Å². The van der Waals surface area contributed by atoms with Crippen LogP contribution in [0.4, 0.5) is 22.7 Å². The molecule has 4 aromatic rings. The molecule has 302 valence electrons. The summed E-state index contributed by atoms with van der Waals surface area (Å²) in [7, 11) is 0. The highest BCUT2D eigenvalue weighted by Gasteiger charge is 2.13. The maximum absolute atomic E-state index is 11.5. The number of unbranched alkanes of at least 4 members (excludes halogenated alkanes) is 5. The van der Waals surface area contributed by atoms with E-state index in [2.05, 4.69) is 9.80 Å². The number of benzene rings is 4. The highest BCUT2D eigenvalue weighted by molar-refractivity contribution is 5.63. The van der Waals surface area contributed by atoms with Crippen molar-refractivity contribution in [1.82, 2.24) is 9.80 Å². The Morgan fingerprint density at radius 1 is 0.362 bits per heavy atom. The number of nitro benzene ring substituents is 4. The zero-order valence-corrected chi connectivity index (χ0v) is 32.3. The molecule has 0 bridgehead atoms. The molecule has 0 fully saturated rings. The average molecular weight is 789 g/mol. The number of nitrogens with zero attached hydrogens (tertiary/aromatic N) is 6. The molecule has 0 saturated carbocycles. The van der Waals surface area contributed by atoms with Crippen LogP contribution in [0.15, 0.2) is 121 Å². The molecule has 58 heavy (non-hydrogen) atoms. The van der Waals surface area contributed by atoms with Crippen molar-refractivity contribution in [2.75, 3.05) is 39.3 Å². The van der Waals surface area contributed by atoms with Crippen molar-refractivity contribution in [3.63, 3.8) is 0 Å². The van der Waals surface area contributed by atoms with E-state index in [4.69, 9.17) is 0 Å². The number of hydrogen-bond acceptors (Lipinski definition) is 10. The van der Waals surface area contributed by atoms with Crippen molar-refractivity contribution in [3.8, 4) is 0 Å². The molecule has 14 heteroatoms. The third-order valence-corrected chi connectivity index (χ3v) is 9.38. The summed E-state index contributed by atoms with van der Waals surface area (Å²) in [6.07, 6.45) is 20.5. The summed E-state index contributed by atoms with van der Waals surface area (Å²) in [6.45, 7) is 3.72. The third-order valence-electron chi connectivity index (χ3n) is 9.38. The van der Waals surface area contributed by atoms with Gasteiger partial charge in [-0.2, -0.15) is 0 Å². The molecular weight excluding hydrogens is 741 g/mol. The number of nitro groups is 4. The van der Waals surface area contributed by atoms with E-state index in [0.29, 0.717) is 48.4 Å². The van der Waals surface area contributed by atoms with E-state index >= 15 is 0 Å². The van der Waals surface area contributed by atoms with E-state index in [1.165, 1.54) is 24.3 Å². The van der Waals surface area contributed by atoms with Gasteiger partial charge in [-0.15, -0.1) is 0 Å². The minimum absolute atomic E-state index is 0.0366. The molecule has 4 aromatic carbocycles. The van der Waals surface area contributed by atoms with Gasteiger partial charge < -0.3 is 0 Å². The first kappa shape index (κ1) is 44.1. The van der Waals surface area contributed by atoms with Gasteiger partial charge in [-0.25, -0.2) is 0 Å². The summed E-state index contributed by atoms with van der Waals surface area (Å²) >= 11 is 0. The van der Waals surface area contributed by atoms with Crippen LogP contribution in [0.5, 0.6) is 0 Å². The Morgan fingerprint density at radius 3 is 0.828 bits per heavy atom. The Labute approximate surface area is 337 Å². The van der Waals surface area contributed by atoms with Crippen molar-refractivity contribution in [3.05, 3.63) is 184 Å². The smallest absolute Gasteiger partial charge is 0.276 e. The Bertz CT molecular complexity index is 1830. The fourth-order valence-corrected chi connectivity index (χ4v) is 6.39. The minimum atomic E-state index is -0.401.